The standard InChI is InChI=1S/C31H31NO7/c1-22(2)30(33)37-21-20-36-19-18-35-17-16-32-31(34)39-29-26-14-8-6-12-24(26)28(25-13-7-9-15-27(25)29)38-23-10-4-3-5-11-23/h3-15H,1,16-21H2,2H3,(H,32,34). The number of esters is 1. The third kappa shape index (κ3) is 7.56. The zero-order valence-corrected chi connectivity index (χ0v) is 21.8. The van der Waals surface area contributed by atoms with Crippen molar-refractivity contribution in [2.24, 2.45) is 0 Å². The molecule has 8 heteroatoms. The molecule has 0 spiro atoms. The van der Waals surface area contributed by atoms with E-state index in [-0.39, 0.29) is 26.4 Å². The first kappa shape index (κ1) is 27.6. The lowest BCUT2D eigenvalue weighted by Gasteiger charge is -2.17. The number of hydrogen-bond donors (Lipinski definition) is 1. The van der Waals surface area contributed by atoms with E-state index in [1.165, 1.54) is 0 Å². The predicted molar refractivity (Wildman–Crippen MR) is 149 cm³/mol. The molecule has 0 bridgehead atoms. The van der Waals surface area contributed by atoms with Gasteiger partial charge in [0, 0.05) is 33.7 Å². The Morgan fingerprint density at radius 3 is 1.79 bits per heavy atom. The molecule has 202 valence electrons. The lowest BCUT2D eigenvalue weighted by Crippen LogP contribution is -2.30. The first-order chi connectivity index (χ1) is 19.0. The lowest BCUT2D eigenvalue weighted by atomic mass is 10.0. The minimum atomic E-state index is -0.582. The molecule has 1 amide bonds. The summed E-state index contributed by atoms with van der Waals surface area (Å²) in [5.41, 5.74) is 0.347. The molecule has 0 fully saturated rings. The molecule has 0 radical (unpaired) electrons. The Bertz CT molecular complexity index is 1380. The van der Waals surface area contributed by atoms with Crippen molar-refractivity contribution in [3.8, 4) is 17.2 Å². The second kappa shape index (κ2) is 13.9. The Hall–Kier alpha value is -4.40. The van der Waals surface area contributed by atoms with E-state index in [9.17, 15) is 9.59 Å². The average Bonchev–Trinajstić information content (AvgIpc) is 2.96. The van der Waals surface area contributed by atoms with Crippen LogP contribution in [0.15, 0.2) is 91.0 Å². The Labute approximate surface area is 227 Å². The van der Waals surface area contributed by atoms with Gasteiger partial charge in [0.25, 0.3) is 0 Å². The van der Waals surface area contributed by atoms with E-state index in [0.29, 0.717) is 30.3 Å². The van der Waals surface area contributed by atoms with Crippen molar-refractivity contribution in [1.29, 1.82) is 0 Å². The monoisotopic (exact) mass is 529 g/mol. The molecular weight excluding hydrogens is 498 g/mol. The number of hydrogen-bond acceptors (Lipinski definition) is 7. The van der Waals surface area contributed by atoms with Crippen molar-refractivity contribution in [1.82, 2.24) is 5.32 Å². The van der Waals surface area contributed by atoms with E-state index in [1.54, 1.807) is 6.92 Å². The number of ether oxygens (including phenoxy) is 5. The highest BCUT2D eigenvalue weighted by molar-refractivity contribution is 6.12. The number of carbonyl (C=O) groups excluding carboxylic acids is 2. The van der Waals surface area contributed by atoms with Gasteiger partial charge in [-0.05, 0) is 19.1 Å². The number of rotatable bonds is 13. The summed E-state index contributed by atoms with van der Waals surface area (Å²) in [6, 6.07) is 24.9. The fraction of sp³-hybridized carbons (Fsp3) is 0.226. The first-order valence-electron chi connectivity index (χ1n) is 12.6. The Morgan fingerprint density at radius 2 is 1.21 bits per heavy atom. The van der Waals surface area contributed by atoms with Gasteiger partial charge in [-0.3, -0.25) is 0 Å². The number of nitrogens with one attached hydrogen (secondary N) is 1. The molecule has 8 nitrogen and oxygen atoms in total. The minimum absolute atomic E-state index is 0.155. The fourth-order valence-corrected chi connectivity index (χ4v) is 3.87. The highest BCUT2D eigenvalue weighted by atomic mass is 16.6. The molecule has 0 saturated carbocycles. The average molecular weight is 530 g/mol. The molecule has 1 N–H and O–H groups in total. The molecule has 0 aliphatic heterocycles. The predicted octanol–water partition coefficient (Wildman–Crippen LogP) is 6.03. The van der Waals surface area contributed by atoms with E-state index in [2.05, 4.69) is 11.9 Å². The summed E-state index contributed by atoms with van der Waals surface area (Å²) >= 11 is 0. The molecule has 4 aromatic rings. The smallest absolute Gasteiger partial charge is 0.412 e. The number of fused-ring (bicyclic) bond motifs is 2. The SMILES string of the molecule is C=C(C)C(=O)OCCOCCOCCNC(=O)Oc1c2ccccc2c(Oc2ccccc2)c2ccccc12. The molecular formula is C31H31NO7. The van der Waals surface area contributed by atoms with Gasteiger partial charge in [0.15, 0.2) is 0 Å². The zero-order valence-electron chi connectivity index (χ0n) is 21.8. The Kier molecular flexibility index (Phi) is 9.88. The topological polar surface area (TPSA) is 92.3 Å². The molecule has 4 aromatic carbocycles. The van der Waals surface area contributed by atoms with Crippen LogP contribution in [0, 0.1) is 0 Å². The van der Waals surface area contributed by atoms with Crippen molar-refractivity contribution < 1.29 is 33.3 Å². The van der Waals surface area contributed by atoms with Gasteiger partial charge in [0.05, 0.1) is 26.4 Å². The van der Waals surface area contributed by atoms with Crippen molar-refractivity contribution >= 4 is 33.6 Å². The van der Waals surface area contributed by atoms with Gasteiger partial charge >= 0.3 is 12.1 Å². The van der Waals surface area contributed by atoms with Crippen LogP contribution in [-0.4, -0.2) is 51.6 Å². The van der Waals surface area contributed by atoms with Crippen LogP contribution in [0.4, 0.5) is 4.79 Å². The van der Waals surface area contributed by atoms with Gasteiger partial charge in [-0.2, -0.15) is 0 Å². The number of amides is 1. The van der Waals surface area contributed by atoms with Gasteiger partial charge in [0.1, 0.15) is 23.9 Å². The second-order valence-electron chi connectivity index (χ2n) is 8.62. The van der Waals surface area contributed by atoms with Crippen LogP contribution in [0.2, 0.25) is 0 Å². The van der Waals surface area contributed by atoms with E-state index in [0.717, 1.165) is 27.3 Å². The maximum absolute atomic E-state index is 12.7. The molecule has 0 atom stereocenters. The highest BCUT2D eigenvalue weighted by Gasteiger charge is 2.18. The molecule has 0 saturated heterocycles. The van der Waals surface area contributed by atoms with Crippen LogP contribution in [0.1, 0.15) is 6.92 Å². The summed E-state index contributed by atoms with van der Waals surface area (Å²) in [4.78, 5) is 24.0. The summed E-state index contributed by atoms with van der Waals surface area (Å²) in [7, 11) is 0. The number of para-hydroxylation sites is 1. The van der Waals surface area contributed by atoms with Crippen LogP contribution in [0.3, 0.4) is 0 Å². The van der Waals surface area contributed by atoms with Crippen LogP contribution >= 0.6 is 0 Å². The summed E-state index contributed by atoms with van der Waals surface area (Å²) in [5, 5.41) is 5.92. The number of benzene rings is 4. The molecule has 0 aliphatic rings. The molecule has 39 heavy (non-hydrogen) atoms. The van der Waals surface area contributed by atoms with Gasteiger partial charge in [0.2, 0.25) is 0 Å². The van der Waals surface area contributed by atoms with E-state index >= 15 is 0 Å². The van der Waals surface area contributed by atoms with Gasteiger partial charge in [-0.1, -0.05) is 73.3 Å². The second-order valence-corrected chi connectivity index (χ2v) is 8.62. The Morgan fingerprint density at radius 1 is 0.692 bits per heavy atom. The summed E-state index contributed by atoms with van der Waals surface area (Å²) in [6.45, 7) is 6.75. The number of carbonyl (C=O) groups is 2. The maximum atomic E-state index is 12.7. The molecule has 0 aromatic heterocycles. The fourth-order valence-electron chi connectivity index (χ4n) is 3.87. The van der Waals surface area contributed by atoms with Crippen LogP contribution in [0.25, 0.3) is 21.5 Å². The third-order valence-electron chi connectivity index (χ3n) is 5.69. The zero-order chi connectivity index (χ0) is 27.5. The summed E-state index contributed by atoms with van der Waals surface area (Å²) in [5.74, 6) is 1.44. The maximum Gasteiger partial charge on any atom is 0.412 e. The molecule has 0 unspecified atom stereocenters. The first-order valence-corrected chi connectivity index (χ1v) is 12.6. The summed E-state index contributed by atoms with van der Waals surface area (Å²) < 4.78 is 27.9. The van der Waals surface area contributed by atoms with Crippen LogP contribution in [-0.2, 0) is 19.0 Å². The summed E-state index contributed by atoms with van der Waals surface area (Å²) in [6.07, 6.45) is -0.582. The van der Waals surface area contributed by atoms with Crippen LogP contribution < -0.4 is 14.8 Å². The van der Waals surface area contributed by atoms with Crippen molar-refractivity contribution in [2.45, 2.75) is 6.92 Å². The minimum Gasteiger partial charge on any atom is -0.460 e. The van der Waals surface area contributed by atoms with Crippen molar-refractivity contribution in [2.75, 3.05) is 39.6 Å². The highest BCUT2D eigenvalue weighted by Crippen LogP contribution is 2.44. The van der Waals surface area contributed by atoms with Crippen LogP contribution in [0.5, 0.6) is 17.2 Å². The van der Waals surface area contributed by atoms with Crippen molar-refractivity contribution in [3.05, 3.63) is 91.0 Å². The van der Waals surface area contributed by atoms with E-state index < -0.39 is 12.1 Å². The van der Waals surface area contributed by atoms with Gasteiger partial charge in [-0.15, -0.1) is 0 Å². The third-order valence-corrected chi connectivity index (χ3v) is 5.69. The van der Waals surface area contributed by atoms with Gasteiger partial charge in [-0.25, -0.2) is 9.59 Å². The molecule has 0 heterocycles. The lowest BCUT2D eigenvalue weighted by molar-refractivity contribution is -0.140. The largest absolute Gasteiger partial charge is 0.460 e. The van der Waals surface area contributed by atoms with Gasteiger partial charge < -0.3 is 29.0 Å². The molecule has 0 aliphatic carbocycles. The quantitative estimate of drug-likeness (QED) is 0.0979. The Balaban J connectivity index is 1.32. The normalized spacial score (nSPS) is 10.8. The van der Waals surface area contributed by atoms with Crippen molar-refractivity contribution in [3.63, 3.8) is 0 Å². The van der Waals surface area contributed by atoms with E-state index in [1.807, 2.05) is 78.9 Å². The molecule has 4 rings (SSSR count). The van der Waals surface area contributed by atoms with E-state index in [4.69, 9.17) is 23.7 Å².